The lowest BCUT2D eigenvalue weighted by atomic mass is 10.3. The van der Waals surface area contributed by atoms with Gasteiger partial charge in [0.1, 0.15) is 0 Å². The van der Waals surface area contributed by atoms with Crippen LogP contribution in [0.3, 0.4) is 0 Å². The topological polar surface area (TPSA) is 0 Å². The van der Waals surface area contributed by atoms with Crippen LogP contribution >= 0.6 is 7.26 Å². The van der Waals surface area contributed by atoms with Gasteiger partial charge in [-0.25, -0.2) is 0 Å². The molecule has 0 N–H and O–H groups in total. The van der Waals surface area contributed by atoms with E-state index in [1.54, 1.807) is 0 Å². The van der Waals surface area contributed by atoms with E-state index in [9.17, 15) is 0 Å². The standard InChI is InChI=1S/C8H20P/c1-7-9(5,6)8(2,3)4/h7H2,1-6H3/q+1. The quantitative estimate of drug-likeness (QED) is 0.500. The van der Waals surface area contributed by atoms with Crippen molar-refractivity contribution in [3.8, 4) is 0 Å². The highest BCUT2D eigenvalue weighted by molar-refractivity contribution is 7.75. The third kappa shape index (κ3) is 2.26. The summed E-state index contributed by atoms with van der Waals surface area (Å²) in [7, 11) is -0.607. The maximum Gasteiger partial charge on any atom is 0.0710 e. The molecule has 0 nitrogen and oxygen atoms in total. The van der Waals surface area contributed by atoms with E-state index in [4.69, 9.17) is 0 Å². The van der Waals surface area contributed by atoms with Crippen LogP contribution in [0, 0.1) is 0 Å². The van der Waals surface area contributed by atoms with Crippen molar-refractivity contribution in [1.29, 1.82) is 0 Å². The fourth-order valence-corrected chi connectivity index (χ4v) is 1.42. The first-order valence-electron chi connectivity index (χ1n) is 3.64. The van der Waals surface area contributed by atoms with Crippen molar-refractivity contribution in [1.82, 2.24) is 0 Å². The first-order chi connectivity index (χ1) is 3.81. The van der Waals surface area contributed by atoms with Crippen LogP contribution in [0.15, 0.2) is 0 Å². The first kappa shape index (κ1) is 9.43. The van der Waals surface area contributed by atoms with E-state index in [0.29, 0.717) is 5.16 Å². The molecular formula is C8H20P+. The predicted molar refractivity (Wildman–Crippen MR) is 49.1 cm³/mol. The van der Waals surface area contributed by atoms with Gasteiger partial charge in [-0.3, -0.25) is 0 Å². The molecular weight excluding hydrogens is 127 g/mol. The third-order valence-corrected chi connectivity index (χ3v) is 7.82. The van der Waals surface area contributed by atoms with Crippen LogP contribution in [0.4, 0.5) is 0 Å². The van der Waals surface area contributed by atoms with E-state index in [-0.39, 0.29) is 0 Å². The van der Waals surface area contributed by atoms with Crippen molar-refractivity contribution in [2.75, 3.05) is 19.5 Å². The van der Waals surface area contributed by atoms with E-state index in [0.717, 1.165) is 0 Å². The second kappa shape index (κ2) is 2.58. The summed E-state index contributed by atoms with van der Waals surface area (Å²) in [6.45, 7) is 14.2. The average molecular weight is 147 g/mol. The summed E-state index contributed by atoms with van der Waals surface area (Å²) < 4.78 is 0. The van der Waals surface area contributed by atoms with E-state index in [2.05, 4.69) is 41.0 Å². The molecule has 0 fully saturated rings. The highest BCUT2D eigenvalue weighted by atomic mass is 31.2. The van der Waals surface area contributed by atoms with Crippen LogP contribution in [0.25, 0.3) is 0 Å². The lowest BCUT2D eigenvalue weighted by Gasteiger charge is -2.30. The minimum atomic E-state index is -0.607. The fraction of sp³-hybridized carbons (Fsp3) is 1.00. The number of hydrogen-bond donors (Lipinski definition) is 0. The van der Waals surface area contributed by atoms with Gasteiger partial charge in [-0.1, -0.05) is 0 Å². The van der Waals surface area contributed by atoms with Crippen LogP contribution in [0.5, 0.6) is 0 Å². The molecule has 0 atom stereocenters. The smallest absolute Gasteiger partial charge is 0.0311 e. The third-order valence-electron chi connectivity index (χ3n) is 2.61. The van der Waals surface area contributed by atoms with Crippen LogP contribution in [0.2, 0.25) is 0 Å². The van der Waals surface area contributed by atoms with Crippen LogP contribution in [-0.4, -0.2) is 24.6 Å². The number of hydrogen-bond acceptors (Lipinski definition) is 0. The average Bonchev–Trinajstić information content (AvgIpc) is 1.64. The Balaban J connectivity index is 4.14. The normalized spacial score (nSPS) is 14.0. The monoisotopic (exact) mass is 147 g/mol. The van der Waals surface area contributed by atoms with E-state index in [1.165, 1.54) is 6.16 Å². The Kier molecular flexibility index (Phi) is 2.70. The fourth-order valence-electron chi connectivity index (χ4n) is 0.474. The van der Waals surface area contributed by atoms with Crippen LogP contribution < -0.4 is 0 Å². The van der Waals surface area contributed by atoms with Gasteiger partial charge in [0, 0.05) is 20.6 Å². The highest BCUT2D eigenvalue weighted by Crippen LogP contribution is 2.61. The lowest BCUT2D eigenvalue weighted by molar-refractivity contribution is 0.773. The molecule has 0 aromatic heterocycles. The van der Waals surface area contributed by atoms with Crippen LogP contribution in [0.1, 0.15) is 27.7 Å². The van der Waals surface area contributed by atoms with Gasteiger partial charge in [0.2, 0.25) is 0 Å². The van der Waals surface area contributed by atoms with E-state index >= 15 is 0 Å². The van der Waals surface area contributed by atoms with Gasteiger partial charge in [0.25, 0.3) is 0 Å². The molecule has 0 aliphatic carbocycles. The van der Waals surface area contributed by atoms with Crippen LogP contribution in [-0.2, 0) is 0 Å². The van der Waals surface area contributed by atoms with Crippen molar-refractivity contribution in [3.63, 3.8) is 0 Å². The minimum Gasteiger partial charge on any atom is -0.0311 e. The summed E-state index contributed by atoms with van der Waals surface area (Å²) in [4.78, 5) is 0. The summed E-state index contributed by atoms with van der Waals surface area (Å²) in [5.41, 5.74) is 0. The van der Waals surface area contributed by atoms with Crippen molar-refractivity contribution in [2.24, 2.45) is 0 Å². The molecule has 0 saturated heterocycles. The lowest BCUT2D eigenvalue weighted by Crippen LogP contribution is -2.19. The van der Waals surface area contributed by atoms with Gasteiger partial charge in [0.15, 0.2) is 0 Å². The molecule has 56 valence electrons. The molecule has 0 bridgehead atoms. The zero-order valence-corrected chi connectivity index (χ0v) is 8.55. The molecule has 0 aromatic carbocycles. The molecule has 0 aromatic rings. The van der Waals surface area contributed by atoms with Gasteiger partial charge in [-0.05, 0) is 27.7 Å². The Labute approximate surface area is 60.4 Å². The van der Waals surface area contributed by atoms with E-state index in [1.807, 2.05) is 0 Å². The number of rotatable bonds is 1. The van der Waals surface area contributed by atoms with Gasteiger partial charge >= 0.3 is 0 Å². The predicted octanol–water partition coefficient (Wildman–Crippen LogP) is 3.08. The Bertz CT molecular complexity index is 87.2. The second-order valence-electron chi connectivity index (χ2n) is 4.17. The molecule has 9 heavy (non-hydrogen) atoms. The van der Waals surface area contributed by atoms with Gasteiger partial charge in [-0.15, -0.1) is 0 Å². The van der Waals surface area contributed by atoms with E-state index < -0.39 is 7.26 Å². The maximum atomic E-state index is 2.44. The molecule has 0 radical (unpaired) electrons. The molecule has 0 unspecified atom stereocenters. The zero-order valence-electron chi connectivity index (χ0n) is 7.65. The highest BCUT2D eigenvalue weighted by Gasteiger charge is 2.37. The summed E-state index contributed by atoms with van der Waals surface area (Å²) >= 11 is 0. The molecule has 0 heterocycles. The molecule has 0 aliphatic rings. The summed E-state index contributed by atoms with van der Waals surface area (Å²) in [5, 5.41) is 0.557. The summed E-state index contributed by atoms with van der Waals surface area (Å²) in [6.07, 6.45) is 1.37. The van der Waals surface area contributed by atoms with Gasteiger partial charge < -0.3 is 0 Å². The minimum absolute atomic E-state index is 0.557. The molecule has 0 amide bonds. The largest absolute Gasteiger partial charge is 0.0710 e. The van der Waals surface area contributed by atoms with Gasteiger partial charge in [0.05, 0.1) is 11.3 Å². The maximum absolute atomic E-state index is 2.44. The first-order valence-corrected chi connectivity index (χ1v) is 6.51. The molecule has 0 spiro atoms. The Morgan fingerprint density at radius 2 is 1.44 bits per heavy atom. The van der Waals surface area contributed by atoms with Crippen molar-refractivity contribution in [2.45, 2.75) is 32.9 Å². The van der Waals surface area contributed by atoms with Gasteiger partial charge in [-0.2, -0.15) is 0 Å². The Morgan fingerprint density at radius 3 is 1.44 bits per heavy atom. The Morgan fingerprint density at radius 1 is 1.11 bits per heavy atom. The zero-order chi connectivity index (χ0) is 7.71. The molecule has 0 aliphatic heterocycles. The molecule has 0 saturated carbocycles. The van der Waals surface area contributed by atoms with Crippen molar-refractivity contribution >= 4 is 7.26 Å². The summed E-state index contributed by atoms with van der Waals surface area (Å²) in [5.74, 6) is 0. The second-order valence-corrected chi connectivity index (χ2v) is 9.52. The molecule has 1 heteroatoms. The van der Waals surface area contributed by atoms with Crippen molar-refractivity contribution < 1.29 is 0 Å². The Hall–Kier alpha value is 0.430. The summed E-state index contributed by atoms with van der Waals surface area (Å²) in [6, 6.07) is 0. The van der Waals surface area contributed by atoms with Crippen molar-refractivity contribution in [3.05, 3.63) is 0 Å². The SMILES string of the molecule is CC[P+](C)(C)C(C)(C)C. The molecule has 0 rings (SSSR count).